The molecule has 1 aromatic rings. The molecule has 88 valence electrons. The van der Waals surface area contributed by atoms with Crippen LogP contribution in [0.25, 0.3) is 0 Å². The van der Waals surface area contributed by atoms with Crippen LogP contribution in [0.5, 0.6) is 5.75 Å². The monoisotopic (exact) mass is 298 g/mol. The van der Waals surface area contributed by atoms with E-state index in [0.29, 0.717) is 6.61 Å². The van der Waals surface area contributed by atoms with E-state index in [0.717, 1.165) is 10.2 Å². The van der Waals surface area contributed by atoms with Crippen molar-refractivity contribution in [1.82, 2.24) is 0 Å². The van der Waals surface area contributed by atoms with E-state index in [4.69, 9.17) is 4.74 Å². The standard InChI is InChI=1S/C13H19BrOSi/c1-6-7-15-13-11(14)8-10(2)9-12(13)16(3,4)5/h6,8-9H,1,7H2,2-5H3. The fourth-order valence-corrected chi connectivity index (χ4v) is 4.00. The molecule has 0 aromatic heterocycles. The van der Waals surface area contributed by atoms with Crippen LogP contribution in [0.3, 0.4) is 0 Å². The molecule has 3 heteroatoms. The van der Waals surface area contributed by atoms with Crippen molar-refractivity contribution in [2.75, 3.05) is 6.61 Å². The van der Waals surface area contributed by atoms with Gasteiger partial charge in [-0.1, -0.05) is 38.4 Å². The zero-order valence-electron chi connectivity index (χ0n) is 10.4. The Kier molecular flexibility index (Phi) is 4.39. The van der Waals surface area contributed by atoms with Crippen LogP contribution >= 0.6 is 15.9 Å². The van der Waals surface area contributed by atoms with Gasteiger partial charge in [0.05, 0.1) is 12.5 Å². The Bertz CT molecular complexity index is 394. The third-order valence-corrected chi connectivity index (χ3v) is 4.92. The summed E-state index contributed by atoms with van der Waals surface area (Å²) in [7, 11) is -1.38. The molecule has 0 radical (unpaired) electrons. The molecule has 0 spiro atoms. The second-order valence-corrected chi connectivity index (χ2v) is 10.9. The zero-order chi connectivity index (χ0) is 12.3. The summed E-state index contributed by atoms with van der Waals surface area (Å²) < 4.78 is 6.82. The normalized spacial score (nSPS) is 11.3. The van der Waals surface area contributed by atoms with E-state index in [2.05, 4.69) is 61.2 Å². The molecule has 0 saturated carbocycles. The van der Waals surface area contributed by atoms with Gasteiger partial charge in [0.1, 0.15) is 12.4 Å². The molecule has 0 aliphatic carbocycles. The number of ether oxygens (including phenoxy) is 1. The molecule has 0 saturated heterocycles. The van der Waals surface area contributed by atoms with Crippen LogP contribution in [-0.2, 0) is 0 Å². The van der Waals surface area contributed by atoms with Gasteiger partial charge in [-0.3, -0.25) is 0 Å². The average molecular weight is 299 g/mol. The minimum atomic E-state index is -1.38. The summed E-state index contributed by atoms with van der Waals surface area (Å²) in [6.45, 7) is 13.3. The van der Waals surface area contributed by atoms with Crippen molar-refractivity contribution in [2.45, 2.75) is 26.6 Å². The second-order valence-electron chi connectivity index (χ2n) is 4.97. The lowest BCUT2D eigenvalue weighted by Crippen LogP contribution is -2.39. The molecule has 0 heterocycles. The van der Waals surface area contributed by atoms with Gasteiger partial charge >= 0.3 is 0 Å². The highest BCUT2D eigenvalue weighted by Gasteiger charge is 2.23. The first-order valence-corrected chi connectivity index (χ1v) is 9.70. The molecule has 0 amide bonds. The van der Waals surface area contributed by atoms with Crippen LogP contribution in [0.15, 0.2) is 29.3 Å². The van der Waals surface area contributed by atoms with Crippen molar-refractivity contribution in [3.63, 3.8) is 0 Å². The summed E-state index contributed by atoms with van der Waals surface area (Å²) in [6, 6.07) is 4.34. The Labute approximate surface area is 108 Å². The highest BCUT2D eigenvalue weighted by molar-refractivity contribution is 9.10. The zero-order valence-corrected chi connectivity index (χ0v) is 13.0. The lowest BCUT2D eigenvalue weighted by atomic mass is 10.2. The minimum Gasteiger partial charge on any atom is -0.488 e. The lowest BCUT2D eigenvalue weighted by molar-refractivity contribution is 0.363. The Morgan fingerprint density at radius 1 is 1.38 bits per heavy atom. The largest absolute Gasteiger partial charge is 0.488 e. The SMILES string of the molecule is C=CCOc1c(Br)cc(C)cc1[Si](C)(C)C. The molecular formula is C13H19BrOSi. The minimum absolute atomic E-state index is 0.555. The van der Waals surface area contributed by atoms with Crippen LogP contribution in [0.1, 0.15) is 5.56 Å². The summed E-state index contributed by atoms with van der Waals surface area (Å²) in [5.74, 6) is 0.990. The predicted octanol–water partition coefficient (Wildman–Crippen LogP) is 3.87. The molecule has 1 aromatic carbocycles. The van der Waals surface area contributed by atoms with Crippen molar-refractivity contribution >= 4 is 29.2 Å². The Hall–Kier alpha value is -0.543. The molecule has 0 fully saturated rings. The first-order valence-electron chi connectivity index (χ1n) is 5.40. The number of halogens is 1. The first-order chi connectivity index (χ1) is 7.36. The summed E-state index contributed by atoms with van der Waals surface area (Å²) in [6.07, 6.45) is 1.78. The average Bonchev–Trinajstić information content (AvgIpc) is 2.14. The summed E-state index contributed by atoms with van der Waals surface area (Å²) in [5, 5.41) is 1.36. The lowest BCUT2D eigenvalue weighted by Gasteiger charge is -2.22. The molecule has 0 aliphatic rings. The van der Waals surface area contributed by atoms with Crippen LogP contribution in [0.4, 0.5) is 0 Å². The quantitative estimate of drug-likeness (QED) is 0.606. The van der Waals surface area contributed by atoms with E-state index >= 15 is 0 Å². The van der Waals surface area contributed by atoms with E-state index in [9.17, 15) is 0 Å². The van der Waals surface area contributed by atoms with Gasteiger partial charge in [-0.05, 0) is 39.7 Å². The maximum absolute atomic E-state index is 5.77. The van der Waals surface area contributed by atoms with Crippen molar-refractivity contribution in [3.05, 3.63) is 34.8 Å². The maximum atomic E-state index is 5.77. The summed E-state index contributed by atoms with van der Waals surface area (Å²) in [4.78, 5) is 0. The molecule has 0 atom stereocenters. The Balaban J connectivity index is 3.26. The molecule has 0 aliphatic heterocycles. The molecule has 0 unspecified atom stereocenters. The van der Waals surface area contributed by atoms with Gasteiger partial charge in [-0.15, -0.1) is 0 Å². The maximum Gasteiger partial charge on any atom is 0.133 e. The fraction of sp³-hybridized carbons (Fsp3) is 0.385. The van der Waals surface area contributed by atoms with Gasteiger partial charge in [0.25, 0.3) is 0 Å². The smallest absolute Gasteiger partial charge is 0.133 e. The number of hydrogen-bond donors (Lipinski definition) is 0. The fourth-order valence-electron chi connectivity index (χ4n) is 1.58. The molecule has 16 heavy (non-hydrogen) atoms. The van der Waals surface area contributed by atoms with Crippen molar-refractivity contribution in [3.8, 4) is 5.75 Å². The van der Waals surface area contributed by atoms with Crippen LogP contribution < -0.4 is 9.92 Å². The van der Waals surface area contributed by atoms with Gasteiger partial charge in [0.15, 0.2) is 0 Å². The van der Waals surface area contributed by atoms with Crippen LogP contribution in [-0.4, -0.2) is 14.7 Å². The van der Waals surface area contributed by atoms with E-state index in [1.807, 2.05) is 0 Å². The first kappa shape index (κ1) is 13.5. The second kappa shape index (κ2) is 5.19. The highest BCUT2D eigenvalue weighted by atomic mass is 79.9. The van der Waals surface area contributed by atoms with Crippen molar-refractivity contribution < 1.29 is 4.74 Å². The highest BCUT2D eigenvalue weighted by Crippen LogP contribution is 2.27. The molecular weight excluding hydrogens is 280 g/mol. The number of benzene rings is 1. The molecule has 1 rings (SSSR count). The number of aryl methyl sites for hydroxylation is 1. The van der Waals surface area contributed by atoms with Gasteiger partial charge in [-0.2, -0.15) is 0 Å². The van der Waals surface area contributed by atoms with E-state index in [1.165, 1.54) is 10.8 Å². The van der Waals surface area contributed by atoms with Gasteiger partial charge in [-0.25, -0.2) is 0 Å². The number of hydrogen-bond acceptors (Lipinski definition) is 1. The summed E-state index contributed by atoms with van der Waals surface area (Å²) in [5.41, 5.74) is 1.27. The van der Waals surface area contributed by atoms with E-state index in [1.54, 1.807) is 6.08 Å². The van der Waals surface area contributed by atoms with Gasteiger partial charge < -0.3 is 4.74 Å². The predicted molar refractivity (Wildman–Crippen MR) is 77.6 cm³/mol. The molecule has 0 bridgehead atoms. The van der Waals surface area contributed by atoms with Gasteiger partial charge in [0, 0.05) is 0 Å². The van der Waals surface area contributed by atoms with E-state index < -0.39 is 8.07 Å². The van der Waals surface area contributed by atoms with Crippen molar-refractivity contribution in [2.24, 2.45) is 0 Å². The van der Waals surface area contributed by atoms with Crippen molar-refractivity contribution in [1.29, 1.82) is 0 Å². The third-order valence-electron chi connectivity index (χ3n) is 2.34. The van der Waals surface area contributed by atoms with Crippen LogP contribution in [0, 0.1) is 6.92 Å². The topological polar surface area (TPSA) is 9.23 Å². The van der Waals surface area contributed by atoms with Gasteiger partial charge in [0.2, 0.25) is 0 Å². The molecule has 1 nitrogen and oxygen atoms in total. The Morgan fingerprint density at radius 2 is 2.00 bits per heavy atom. The summed E-state index contributed by atoms with van der Waals surface area (Å²) >= 11 is 3.58. The Morgan fingerprint density at radius 3 is 2.50 bits per heavy atom. The molecule has 0 N–H and O–H groups in total. The third kappa shape index (κ3) is 3.22. The number of rotatable bonds is 4. The van der Waals surface area contributed by atoms with Crippen LogP contribution in [0.2, 0.25) is 19.6 Å². The van der Waals surface area contributed by atoms with E-state index in [-0.39, 0.29) is 0 Å².